The van der Waals surface area contributed by atoms with E-state index in [-0.39, 0.29) is 5.92 Å². The van der Waals surface area contributed by atoms with Gasteiger partial charge in [-0.05, 0) is 12.1 Å². The number of halogens is 1. The molecule has 0 fully saturated rings. The van der Waals surface area contributed by atoms with Gasteiger partial charge in [-0.15, -0.1) is 4.20 Å². The fourth-order valence-electron chi connectivity index (χ4n) is 2.18. The van der Waals surface area contributed by atoms with Gasteiger partial charge in [-0.2, -0.15) is 0 Å². The molecule has 0 aromatic heterocycles. The molecule has 4 heteroatoms. The summed E-state index contributed by atoms with van der Waals surface area (Å²) in [5.74, 6) is 1.24. The summed E-state index contributed by atoms with van der Waals surface area (Å²) < 4.78 is 24.2. The van der Waals surface area contributed by atoms with Crippen molar-refractivity contribution >= 4 is 8.69 Å². The minimum atomic E-state index is -2.43. The first kappa shape index (κ1) is 11.5. The van der Waals surface area contributed by atoms with Crippen molar-refractivity contribution in [2.75, 3.05) is 0 Å². The molecule has 0 N–H and O–H groups in total. The van der Waals surface area contributed by atoms with Crippen LogP contribution in [0.4, 0.5) is 4.20 Å². The Morgan fingerprint density at radius 2 is 1.33 bits per heavy atom. The van der Waals surface area contributed by atoms with Crippen LogP contribution in [0.5, 0.6) is 11.5 Å². The maximum Gasteiger partial charge on any atom is 0.505 e. The zero-order valence-corrected chi connectivity index (χ0v) is 10.7. The highest BCUT2D eigenvalue weighted by molar-refractivity contribution is 7.42. The van der Waals surface area contributed by atoms with Crippen molar-refractivity contribution in [2.24, 2.45) is 0 Å². The Hall–Kier alpha value is -1.60. The molecule has 0 bridgehead atoms. The number of hydrogen-bond donors (Lipinski definition) is 0. The molecule has 0 radical (unpaired) electrons. The minimum Gasteiger partial charge on any atom is -0.414 e. The molecule has 0 atom stereocenters. The summed E-state index contributed by atoms with van der Waals surface area (Å²) >= 11 is 0. The number of fused-ring (bicyclic) bond motifs is 2. The van der Waals surface area contributed by atoms with E-state index in [0.717, 1.165) is 11.1 Å². The normalized spacial score (nSPS) is 21.7. The van der Waals surface area contributed by atoms with Gasteiger partial charge in [0.1, 0.15) is 11.5 Å². The van der Waals surface area contributed by atoms with Gasteiger partial charge in [-0.3, -0.25) is 0 Å². The molecule has 1 aliphatic rings. The fourth-order valence-corrected chi connectivity index (χ4v) is 2.86. The lowest BCUT2D eigenvalue weighted by molar-refractivity contribution is 0.425. The molecule has 0 amide bonds. The molecule has 2 aromatic rings. The van der Waals surface area contributed by atoms with Crippen LogP contribution < -0.4 is 9.05 Å². The zero-order chi connectivity index (χ0) is 12.5. The summed E-state index contributed by atoms with van der Waals surface area (Å²) in [5, 5.41) is 0. The lowest BCUT2D eigenvalue weighted by Crippen LogP contribution is -2.06. The summed E-state index contributed by atoms with van der Waals surface area (Å²) in [6.07, 6.45) is 0. The molecule has 0 saturated heterocycles. The average molecular weight is 261 g/mol. The predicted molar refractivity (Wildman–Crippen MR) is 69.7 cm³/mol. The second-order valence-electron chi connectivity index (χ2n) is 4.19. The highest BCUT2D eigenvalue weighted by Gasteiger charge is 2.26. The molecule has 1 aliphatic heterocycles. The van der Waals surface area contributed by atoms with E-state index in [0.29, 0.717) is 11.5 Å². The third-order valence-corrected chi connectivity index (χ3v) is 3.79. The largest absolute Gasteiger partial charge is 0.505 e. The number of rotatable bonds is 0. The Labute approximate surface area is 106 Å². The predicted octanol–water partition coefficient (Wildman–Crippen LogP) is 4.81. The van der Waals surface area contributed by atoms with Crippen molar-refractivity contribution in [2.45, 2.75) is 12.8 Å². The monoisotopic (exact) mass is 261 g/mol. The third kappa shape index (κ3) is 1.95. The number of para-hydroxylation sites is 2. The molecule has 18 heavy (non-hydrogen) atoms. The summed E-state index contributed by atoms with van der Waals surface area (Å²) in [4.78, 5) is 0. The van der Waals surface area contributed by atoms with Crippen molar-refractivity contribution in [3.05, 3.63) is 59.7 Å². The number of hydrogen-bond acceptors (Lipinski definition) is 2. The van der Waals surface area contributed by atoms with Crippen LogP contribution in [-0.2, 0) is 0 Å². The highest BCUT2D eigenvalue weighted by Crippen LogP contribution is 2.49. The smallest absolute Gasteiger partial charge is 0.414 e. The van der Waals surface area contributed by atoms with Crippen LogP contribution in [0.3, 0.4) is 0 Å². The van der Waals surface area contributed by atoms with Crippen LogP contribution in [0.2, 0.25) is 0 Å². The molecule has 3 rings (SSSR count). The van der Waals surface area contributed by atoms with Crippen LogP contribution in [0.1, 0.15) is 24.0 Å². The van der Waals surface area contributed by atoms with E-state index < -0.39 is 8.69 Å². The minimum absolute atomic E-state index is 0.112. The van der Waals surface area contributed by atoms with Crippen molar-refractivity contribution in [1.29, 1.82) is 0 Å². The molecular formula is C14H12FO2P. The summed E-state index contributed by atoms with van der Waals surface area (Å²) in [7, 11) is -2.43. The maximum atomic E-state index is 13.7. The Bertz CT molecular complexity index is 524. The molecule has 0 unspecified atom stereocenters. The topological polar surface area (TPSA) is 18.5 Å². The van der Waals surface area contributed by atoms with Gasteiger partial charge in [-0.1, -0.05) is 43.3 Å². The Kier molecular flexibility index (Phi) is 2.92. The highest BCUT2D eigenvalue weighted by atomic mass is 31.2. The molecule has 92 valence electrons. The van der Waals surface area contributed by atoms with Crippen LogP contribution in [-0.4, -0.2) is 0 Å². The van der Waals surface area contributed by atoms with Crippen molar-refractivity contribution in [1.82, 2.24) is 0 Å². The summed E-state index contributed by atoms with van der Waals surface area (Å²) in [6, 6.07) is 15.0. The van der Waals surface area contributed by atoms with Gasteiger partial charge in [0.2, 0.25) is 0 Å². The molecule has 1 heterocycles. The first-order chi connectivity index (χ1) is 8.75. The van der Waals surface area contributed by atoms with E-state index in [9.17, 15) is 4.20 Å². The lowest BCUT2D eigenvalue weighted by atomic mass is 9.92. The molecular weight excluding hydrogens is 249 g/mol. The fraction of sp³-hybridized carbons (Fsp3) is 0.143. The van der Waals surface area contributed by atoms with Crippen LogP contribution in [0.15, 0.2) is 48.5 Å². The van der Waals surface area contributed by atoms with E-state index in [1.165, 1.54) is 0 Å². The van der Waals surface area contributed by atoms with Crippen molar-refractivity contribution in [3.8, 4) is 11.5 Å². The van der Waals surface area contributed by atoms with Crippen molar-refractivity contribution in [3.63, 3.8) is 0 Å². The van der Waals surface area contributed by atoms with E-state index >= 15 is 0 Å². The summed E-state index contributed by atoms with van der Waals surface area (Å²) in [5.41, 5.74) is 1.97. The second-order valence-corrected chi connectivity index (χ2v) is 4.98. The van der Waals surface area contributed by atoms with E-state index in [1.807, 2.05) is 36.4 Å². The summed E-state index contributed by atoms with van der Waals surface area (Å²) in [6.45, 7) is 2.07. The Balaban J connectivity index is 2.17. The maximum absolute atomic E-state index is 13.7. The molecule has 2 aromatic carbocycles. The third-order valence-electron chi connectivity index (χ3n) is 3.11. The van der Waals surface area contributed by atoms with Gasteiger partial charge >= 0.3 is 8.69 Å². The zero-order valence-electron chi connectivity index (χ0n) is 9.84. The quantitative estimate of drug-likeness (QED) is 0.634. The average Bonchev–Trinajstić information content (AvgIpc) is 2.38. The van der Waals surface area contributed by atoms with Crippen molar-refractivity contribution < 1.29 is 13.2 Å². The molecule has 0 aliphatic carbocycles. The standard InChI is InChI=1S/C14H12FO2P/c1-10-11-6-2-4-8-13(11)16-18(15)17-14-9-5-3-7-12(10)14/h2-10H,1H3/i15-1. The van der Waals surface area contributed by atoms with E-state index in [1.54, 1.807) is 12.1 Å². The van der Waals surface area contributed by atoms with Crippen LogP contribution in [0.25, 0.3) is 0 Å². The van der Waals surface area contributed by atoms with Gasteiger partial charge in [0.25, 0.3) is 0 Å². The van der Waals surface area contributed by atoms with E-state index in [4.69, 9.17) is 9.05 Å². The van der Waals surface area contributed by atoms with Gasteiger partial charge < -0.3 is 9.05 Å². The van der Waals surface area contributed by atoms with Gasteiger partial charge in [-0.25, -0.2) is 0 Å². The first-order valence-corrected chi connectivity index (χ1v) is 6.82. The Morgan fingerprint density at radius 1 is 0.889 bits per heavy atom. The Morgan fingerprint density at radius 3 is 1.83 bits per heavy atom. The van der Waals surface area contributed by atoms with Gasteiger partial charge in [0.15, 0.2) is 0 Å². The number of benzene rings is 2. The molecule has 0 spiro atoms. The van der Waals surface area contributed by atoms with Gasteiger partial charge in [0, 0.05) is 17.0 Å². The molecule has 0 saturated carbocycles. The van der Waals surface area contributed by atoms with Crippen LogP contribution in [0, 0.1) is 0 Å². The van der Waals surface area contributed by atoms with Gasteiger partial charge in [0.05, 0.1) is 0 Å². The lowest BCUT2D eigenvalue weighted by Gasteiger charge is -2.23. The van der Waals surface area contributed by atoms with E-state index in [2.05, 4.69) is 6.92 Å². The van der Waals surface area contributed by atoms with Crippen LogP contribution >= 0.6 is 8.69 Å². The first-order valence-electron chi connectivity index (χ1n) is 5.75. The second kappa shape index (κ2) is 4.58. The SMILES string of the molecule is CC1c2ccccc2OP([18F])Oc2ccccc21. The molecule has 2 nitrogen and oxygen atoms in total.